The van der Waals surface area contributed by atoms with Crippen LogP contribution in [-0.4, -0.2) is 124 Å². The van der Waals surface area contributed by atoms with Crippen molar-refractivity contribution < 1.29 is 48.0 Å². The Kier molecular flexibility index (Phi) is 37.0. The minimum absolute atomic E-state index is 0.00718. The lowest BCUT2D eigenvalue weighted by Gasteiger charge is -2.31. The van der Waals surface area contributed by atoms with E-state index in [9.17, 15) is 24.0 Å². The summed E-state index contributed by atoms with van der Waals surface area (Å²) in [7, 11) is 0. The predicted molar refractivity (Wildman–Crippen MR) is 241 cm³/mol. The van der Waals surface area contributed by atoms with Crippen LogP contribution in [0.1, 0.15) is 176 Å². The smallest absolute Gasteiger partial charge is 0.303 e. The number of carboxylic acid groups (broad SMARTS) is 1. The molecule has 0 aromatic rings. The van der Waals surface area contributed by atoms with Crippen LogP contribution in [0.3, 0.4) is 0 Å². The molecule has 15 nitrogen and oxygen atoms in total. The Bertz CT molecular complexity index is 1130. The maximum atomic E-state index is 12.7. The van der Waals surface area contributed by atoms with E-state index < -0.39 is 5.97 Å². The van der Waals surface area contributed by atoms with Crippen LogP contribution in [-0.2, 0) is 42.9 Å². The number of amides is 4. The maximum Gasteiger partial charge on any atom is 0.303 e. The van der Waals surface area contributed by atoms with E-state index >= 15 is 0 Å². The lowest BCUT2D eigenvalue weighted by Crippen LogP contribution is -2.55. The van der Waals surface area contributed by atoms with Gasteiger partial charge >= 0.3 is 5.97 Å². The third kappa shape index (κ3) is 45.0. The number of unbranched alkanes of at least 4 members (excludes halogenated alkanes) is 14. The fraction of sp³-hybridized carbons (Fsp3) is 0.891. The largest absolute Gasteiger partial charge is 0.481 e. The van der Waals surface area contributed by atoms with E-state index in [1.165, 1.54) is 57.8 Å². The van der Waals surface area contributed by atoms with Gasteiger partial charge < -0.3 is 50.6 Å². The highest BCUT2D eigenvalue weighted by atomic mass is 16.5. The molecule has 0 rings (SSSR count). The second-order valence-electron chi connectivity index (χ2n) is 18.0. The molecule has 0 fully saturated rings. The zero-order valence-corrected chi connectivity index (χ0v) is 39.3. The summed E-state index contributed by atoms with van der Waals surface area (Å²) < 4.78 is 22.0. The van der Waals surface area contributed by atoms with Gasteiger partial charge in [-0.2, -0.15) is 0 Å². The third-order valence-corrected chi connectivity index (χ3v) is 9.54. The molecule has 0 saturated carbocycles. The number of carbonyl (C=O) groups excluding carboxylic acids is 4. The van der Waals surface area contributed by atoms with Crippen LogP contribution in [0.2, 0.25) is 0 Å². The van der Waals surface area contributed by atoms with E-state index in [1.807, 2.05) is 41.5 Å². The average molecular weight is 872 g/mol. The Morgan fingerprint density at radius 2 is 0.803 bits per heavy atom. The summed E-state index contributed by atoms with van der Waals surface area (Å²) >= 11 is 0. The van der Waals surface area contributed by atoms with Gasteiger partial charge in [0, 0.05) is 56.4 Å². The molecular formula is C46H89N5O10. The van der Waals surface area contributed by atoms with Crippen LogP contribution in [0.4, 0.5) is 0 Å². The van der Waals surface area contributed by atoms with E-state index in [1.54, 1.807) is 0 Å². The van der Waals surface area contributed by atoms with Crippen LogP contribution in [0.25, 0.3) is 0 Å². The Labute approximate surface area is 369 Å². The Morgan fingerprint density at radius 1 is 0.426 bits per heavy atom. The molecule has 358 valence electrons. The lowest BCUT2D eigenvalue weighted by molar-refractivity contribution is -0.137. The van der Waals surface area contributed by atoms with Crippen molar-refractivity contribution in [2.45, 2.75) is 193 Å². The van der Waals surface area contributed by atoms with Crippen LogP contribution in [0, 0.1) is 0 Å². The van der Waals surface area contributed by atoms with E-state index in [4.69, 9.17) is 24.1 Å². The number of hydrogen-bond acceptors (Lipinski definition) is 10. The summed E-state index contributed by atoms with van der Waals surface area (Å²) in [6.45, 7) is 16.3. The molecule has 0 radical (unpaired) electrons. The Hall–Kier alpha value is -2.85. The molecule has 0 aliphatic rings. The summed E-state index contributed by atoms with van der Waals surface area (Å²) in [4.78, 5) is 59.4. The normalized spacial score (nSPS) is 12.2. The topological polar surface area (TPSA) is 203 Å². The molecule has 0 aliphatic heterocycles. The number of carboxylic acids is 1. The van der Waals surface area contributed by atoms with Crippen LogP contribution in [0.5, 0.6) is 0 Å². The van der Waals surface area contributed by atoms with Gasteiger partial charge in [-0.1, -0.05) is 77.0 Å². The maximum absolute atomic E-state index is 12.7. The van der Waals surface area contributed by atoms with Gasteiger partial charge in [0.2, 0.25) is 23.6 Å². The summed E-state index contributed by atoms with van der Waals surface area (Å²) in [5, 5.41) is 23.7. The van der Waals surface area contributed by atoms with Crippen LogP contribution >= 0.6 is 0 Å². The van der Waals surface area contributed by atoms with Crippen molar-refractivity contribution in [3.8, 4) is 0 Å². The first-order valence-electron chi connectivity index (χ1n) is 23.5. The molecule has 6 N–H and O–H groups in total. The molecule has 0 spiro atoms. The van der Waals surface area contributed by atoms with Crippen LogP contribution < -0.4 is 26.6 Å². The van der Waals surface area contributed by atoms with Gasteiger partial charge in [-0.25, -0.2) is 0 Å². The molecule has 0 aromatic heterocycles. The monoisotopic (exact) mass is 872 g/mol. The van der Waals surface area contributed by atoms with Gasteiger partial charge in [-0.3, -0.25) is 24.0 Å². The SMILES string of the molecule is CC(C)(C)NC(=O)C(CCCCNC(=O)CCOCCOCCNC(=O)CCOCCOCCNC(=O)CCCCCCCCCCCCCCCCC(=O)O)NC(C)(C)C. The third-order valence-electron chi connectivity index (χ3n) is 9.54. The molecule has 0 saturated heterocycles. The van der Waals surface area contributed by atoms with Crippen molar-refractivity contribution in [2.24, 2.45) is 0 Å². The molecular weight excluding hydrogens is 783 g/mol. The minimum Gasteiger partial charge on any atom is -0.481 e. The second-order valence-corrected chi connectivity index (χ2v) is 18.0. The number of hydrogen-bond donors (Lipinski definition) is 6. The van der Waals surface area contributed by atoms with Crippen molar-refractivity contribution in [3.05, 3.63) is 0 Å². The number of rotatable bonds is 42. The predicted octanol–water partition coefficient (Wildman–Crippen LogP) is 6.35. The molecule has 4 amide bonds. The Balaban J connectivity index is 3.50. The fourth-order valence-electron chi connectivity index (χ4n) is 6.40. The average Bonchev–Trinajstić information content (AvgIpc) is 3.17. The van der Waals surface area contributed by atoms with Crippen molar-refractivity contribution in [1.29, 1.82) is 0 Å². The summed E-state index contributed by atoms with van der Waals surface area (Å²) in [6.07, 6.45) is 19.9. The molecule has 0 aliphatic carbocycles. The van der Waals surface area contributed by atoms with E-state index in [-0.39, 0.29) is 53.6 Å². The zero-order valence-electron chi connectivity index (χ0n) is 39.3. The van der Waals surface area contributed by atoms with Gasteiger partial charge in [0.15, 0.2) is 0 Å². The van der Waals surface area contributed by atoms with E-state index in [0.717, 1.165) is 44.9 Å². The summed E-state index contributed by atoms with van der Waals surface area (Å²) in [6, 6.07) is -0.292. The molecule has 0 heterocycles. The van der Waals surface area contributed by atoms with Gasteiger partial charge in [0.25, 0.3) is 0 Å². The number of ether oxygens (including phenoxy) is 4. The van der Waals surface area contributed by atoms with E-state index in [0.29, 0.717) is 91.8 Å². The van der Waals surface area contributed by atoms with Crippen molar-refractivity contribution in [3.63, 3.8) is 0 Å². The first-order valence-corrected chi connectivity index (χ1v) is 23.5. The van der Waals surface area contributed by atoms with Crippen LogP contribution in [0.15, 0.2) is 0 Å². The van der Waals surface area contributed by atoms with Gasteiger partial charge in [0.1, 0.15) is 0 Å². The fourth-order valence-corrected chi connectivity index (χ4v) is 6.40. The standard InChI is InChI=1S/C46H89N5O10/c1-45(2,3)50-39(44(57)51-46(4,5)6)23-21-22-28-47-41(53)26-31-58-35-38-61-34-30-49-42(54)27-32-59-36-37-60-33-29-48-40(52)24-19-17-15-13-11-9-7-8-10-12-14-16-18-20-25-43(55)56/h39,50H,7-38H2,1-6H3,(H,47,53)(H,48,52)(H,49,54)(H,51,57)(H,55,56). The van der Waals surface area contributed by atoms with Crippen molar-refractivity contribution in [2.75, 3.05) is 72.5 Å². The highest BCUT2D eigenvalue weighted by Crippen LogP contribution is 2.14. The summed E-state index contributed by atoms with van der Waals surface area (Å²) in [5.41, 5.74) is -0.486. The molecule has 15 heteroatoms. The second kappa shape index (κ2) is 38.8. The molecule has 61 heavy (non-hydrogen) atoms. The van der Waals surface area contributed by atoms with E-state index in [2.05, 4.69) is 26.6 Å². The highest BCUT2D eigenvalue weighted by molar-refractivity contribution is 5.82. The van der Waals surface area contributed by atoms with Crippen molar-refractivity contribution >= 4 is 29.6 Å². The summed E-state index contributed by atoms with van der Waals surface area (Å²) in [5.74, 6) is -0.833. The van der Waals surface area contributed by atoms with Gasteiger partial charge in [0.05, 0.1) is 58.9 Å². The first kappa shape index (κ1) is 58.1. The molecule has 1 atom stereocenters. The zero-order chi connectivity index (χ0) is 45.5. The van der Waals surface area contributed by atoms with Gasteiger partial charge in [-0.05, 0) is 73.6 Å². The lowest BCUT2D eigenvalue weighted by atomic mass is 10.0. The van der Waals surface area contributed by atoms with Crippen molar-refractivity contribution in [1.82, 2.24) is 26.6 Å². The minimum atomic E-state index is -0.691. The Morgan fingerprint density at radius 3 is 1.21 bits per heavy atom. The molecule has 0 bridgehead atoms. The quantitative estimate of drug-likeness (QED) is 0.0374. The number of nitrogens with one attached hydrogen (secondary N) is 5. The first-order chi connectivity index (χ1) is 29.1. The molecule has 0 aromatic carbocycles. The van der Waals surface area contributed by atoms with Gasteiger partial charge in [-0.15, -0.1) is 0 Å². The number of carbonyl (C=O) groups is 5. The highest BCUT2D eigenvalue weighted by Gasteiger charge is 2.26. The molecule has 1 unspecified atom stereocenters. The number of aliphatic carboxylic acids is 1.